The van der Waals surface area contributed by atoms with Crippen LogP contribution in [-0.2, 0) is 4.79 Å². The van der Waals surface area contributed by atoms with Gasteiger partial charge in [-0.15, -0.1) is 24.2 Å². The molecule has 0 saturated carbocycles. The van der Waals surface area contributed by atoms with Gasteiger partial charge in [0, 0.05) is 24.0 Å². The van der Waals surface area contributed by atoms with Gasteiger partial charge in [-0.25, -0.2) is 0 Å². The maximum absolute atomic E-state index is 12.1. The second-order valence-corrected chi connectivity index (χ2v) is 6.29. The first-order chi connectivity index (χ1) is 9.06. The molecule has 20 heavy (non-hydrogen) atoms. The number of hydrogen-bond acceptors (Lipinski definition) is 3. The fourth-order valence-electron chi connectivity index (χ4n) is 2.24. The lowest BCUT2D eigenvalue weighted by Crippen LogP contribution is -2.43. The largest absolute Gasteiger partial charge is 0.342 e. The van der Waals surface area contributed by atoms with Gasteiger partial charge >= 0.3 is 0 Å². The third-order valence-electron chi connectivity index (χ3n) is 3.59. The zero-order chi connectivity index (χ0) is 13.8. The Bertz CT molecular complexity index is 459. The minimum atomic E-state index is 0. The molecule has 1 amide bonds. The smallest absolute Gasteiger partial charge is 0.232 e. The normalized spacial score (nSPS) is 15.8. The van der Waals surface area contributed by atoms with Crippen molar-refractivity contribution in [3.63, 3.8) is 0 Å². The molecule has 1 aliphatic rings. The van der Waals surface area contributed by atoms with E-state index in [-0.39, 0.29) is 24.4 Å². The average molecular weight is 315 g/mol. The van der Waals surface area contributed by atoms with Gasteiger partial charge in [-0.05, 0) is 38.3 Å². The number of likely N-dealkylation sites (tertiary alicyclic amines) is 1. The average Bonchev–Trinajstić information content (AvgIpc) is 2.40. The van der Waals surface area contributed by atoms with Crippen LogP contribution in [0.15, 0.2) is 23.1 Å². The molecule has 0 atom stereocenters. The molecule has 3 nitrogen and oxygen atoms in total. The molecule has 2 rings (SSSR count). The summed E-state index contributed by atoms with van der Waals surface area (Å²) < 4.78 is 0. The van der Waals surface area contributed by atoms with Gasteiger partial charge in [0.25, 0.3) is 0 Å². The minimum Gasteiger partial charge on any atom is -0.342 e. The first-order valence-electron chi connectivity index (χ1n) is 6.79. The Morgan fingerprint density at radius 2 is 2.00 bits per heavy atom. The van der Waals surface area contributed by atoms with Crippen molar-refractivity contribution in [1.29, 1.82) is 0 Å². The van der Waals surface area contributed by atoms with Crippen molar-refractivity contribution in [2.24, 2.45) is 5.73 Å². The standard InChI is InChI=1S/C15H22N2OS.ClH/c1-11-3-4-12(2)14(9-11)19-10-15(18)17-7-5-13(16)6-8-17;/h3-4,9,13H,5-8,10,16H2,1-2H3;1H. The minimum absolute atomic E-state index is 0. The molecular formula is C15H23ClN2OS. The van der Waals surface area contributed by atoms with Crippen LogP contribution in [0, 0.1) is 13.8 Å². The molecule has 0 radical (unpaired) electrons. The highest BCUT2D eigenvalue weighted by molar-refractivity contribution is 8.00. The number of nitrogens with zero attached hydrogens (tertiary/aromatic N) is 1. The van der Waals surface area contributed by atoms with Gasteiger partial charge < -0.3 is 10.6 Å². The van der Waals surface area contributed by atoms with E-state index in [1.165, 1.54) is 16.0 Å². The number of benzene rings is 1. The van der Waals surface area contributed by atoms with Crippen molar-refractivity contribution in [2.75, 3.05) is 18.8 Å². The summed E-state index contributed by atoms with van der Waals surface area (Å²) in [5.41, 5.74) is 8.34. The molecule has 1 fully saturated rings. The SMILES string of the molecule is Cc1ccc(C)c(SCC(=O)N2CCC(N)CC2)c1.Cl. The number of halogens is 1. The monoisotopic (exact) mass is 314 g/mol. The van der Waals surface area contributed by atoms with Crippen LogP contribution in [0.4, 0.5) is 0 Å². The van der Waals surface area contributed by atoms with E-state index in [0.717, 1.165) is 25.9 Å². The number of carbonyl (C=O) groups excluding carboxylic acids is 1. The summed E-state index contributed by atoms with van der Waals surface area (Å²) in [6.07, 6.45) is 1.86. The Balaban J connectivity index is 0.00000200. The number of thioether (sulfide) groups is 1. The summed E-state index contributed by atoms with van der Waals surface area (Å²) in [6.45, 7) is 5.80. The van der Waals surface area contributed by atoms with Crippen molar-refractivity contribution in [3.05, 3.63) is 29.3 Å². The number of nitrogens with two attached hydrogens (primary N) is 1. The molecule has 1 heterocycles. The molecule has 0 spiro atoms. The number of rotatable bonds is 3. The van der Waals surface area contributed by atoms with Gasteiger partial charge in [0.2, 0.25) is 5.91 Å². The number of hydrogen-bond donors (Lipinski definition) is 1. The van der Waals surface area contributed by atoms with Crippen LogP contribution in [0.3, 0.4) is 0 Å². The molecule has 5 heteroatoms. The summed E-state index contributed by atoms with van der Waals surface area (Å²) in [6, 6.07) is 6.64. The second kappa shape index (κ2) is 7.91. The molecule has 1 aromatic carbocycles. The Morgan fingerprint density at radius 1 is 1.35 bits per heavy atom. The van der Waals surface area contributed by atoms with Gasteiger partial charge in [-0.2, -0.15) is 0 Å². The van der Waals surface area contributed by atoms with Crippen LogP contribution < -0.4 is 5.73 Å². The zero-order valence-electron chi connectivity index (χ0n) is 12.1. The van der Waals surface area contributed by atoms with Crippen LogP contribution >= 0.6 is 24.2 Å². The summed E-state index contributed by atoms with van der Waals surface area (Å²) in [7, 11) is 0. The van der Waals surface area contributed by atoms with E-state index in [0.29, 0.717) is 5.75 Å². The van der Waals surface area contributed by atoms with Crippen molar-refractivity contribution >= 4 is 30.1 Å². The molecule has 0 bridgehead atoms. The zero-order valence-corrected chi connectivity index (χ0v) is 13.7. The second-order valence-electron chi connectivity index (χ2n) is 5.28. The molecule has 0 unspecified atom stereocenters. The Kier molecular flexibility index (Phi) is 6.86. The number of carbonyl (C=O) groups is 1. The molecule has 2 N–H and O–H groups in total. The molecular weight excluding hydrogens is 292 g/mol. The first kappa shape index (κ1) is 17.3. The Labute approximate surface area is 131 Å². The van der Waals surface area contributed by atoms with E-state index in [1.807, 2.05) is 4.90 Å². The topological polar surface area (TPSA) is 46.3 Å². The number of piperidine rings is 1. The van der Waals surface area contributed by atoms with Gasteiger partial charge in [0.05, 0.1) is 5.75 Å². The van der Waals surface area contributed by atoms with E-state index < -0.39 is 0 Å². The maximum atomic E-state index is 12.1. The van der Waals surface area contributed by atoms with Gasteiger partial charge in [0.1, 0.15) is 0 Å². The van der Waals surface area contributed by atoms with Crippen LogP contribution in [0.5, 0.6) is 0 Å². The highest BCUT2D eigenvalue weighted by Gasteiger charge is 2.20. The summed E-state index contributed by atoms with van der Waals surface area (Å²) in [5, 5.41) is 0. The van der Waals surface area contributed by atoms with E-state index in [1.54, 1.807) is 11.8 Å². The quantitative estimate of drug-likeness (QED) is 0.873. The lowest BCUT2D eigenvalue weighted by molar-refractivity contribution is -0.129. The molecule has 1 saturated heterocycles. The molecule has 1 aromatic rings. The lowest BCUT2D eigenvalue weighted by atomic mass is 10.1. The van der Waals surface area contributed by atoms with Crippen LogP contribution in [0.1, 0.15) is 24.0 Å². The summed E-state index contributed by atoms with van der Waals surface area (Å²) in [5.74, 6) is 0.761. The van der Waals surface area contributed by atoms with E-state index in [4.69, 9.17) is 5.73 Å². The predicted octanol–water partition coefficient (Wildman–Crippen LogP) is 2.77. The van der Waals surface area contributed by atoms with E-state index in [2.05, 4.69) is 32.0 Å². The summed E-state index contributed by atoms with van der Waals surface area (Å²) >= 11 is 1.64. The fraction of sp³-hybridized carbons (Fsp3) is 0.533. The molecule has 0 aliphatic carbocycles. The van der Waals surface area contributed by atoms with Crippen molar-refractivity contribution in [2.45, 2.75) is 37.6 Å². The van der Waals surface area contributed by atoms with Crippen molar-refractivity contribution < 1.29 is 4.79 Å². The first-order valence-corrected chi connectivity index (χ1v) is 7.78. The van der Waals surface area contributed by atoms with Crippen LogP contribution in [0.25, 0.3) is 0 Å². The maximum Gasteiger partial charge on any atom is 0.232 e. The summed E-state index contributed by atoms with van der Waals surface area (Å²) in [4.78, 5) is 15.3. The van der Waals surface area contributed by atoms with Crippen LogP contribution in [-0.4, -0.2) is 35.7 Å². The van der Waals surface area contributed by atoms with Gasteiger partial charge in [0.15, 0.2) is 0 Å². The van der Waals surface area contributed by atoms with Crippen molar-refractivity contribution in [3.8, 4) is 0 Å². The molecule has 0 aromatic heterocycles. The van der Waals surface area contributed by atoms with Gasteiger partial charge in [-0.1, -0.05) is 17.7 Å². The lowest BCUT2D eigenvalue weighted by Gasteiger charge is -2.30. The highest BCUT2D eigenvalue weighted by Crippen LogP contribution is 2.24. The van der Waals surface area contributed by atoms with Crippen LogP contribution in [0.2, 0.25) is 0 Å². The number of amides is 1. The number of aryl methyl sites for hydroxylation is 2. The predicted molar refractivity (Wildman–Crippen MR) is 87.7 cm³/mol. The Morgan fingerprint density at radius 3 is 2.65 bits per heavy atom. The third-order valence-corrected chi connectivity index (χ3v) is 4.73. The van der Waals surface area contributed by atoms with E-state index >= 15 is 0 Å². The Hall–Kier alpha value is -0.710. The fourth-order valence-corrected chi connectivity index (χ4v) is 3.27. The van der Waals surface area contributed by atoms with Gasteiger partial charge in [-0.3, -0.25) is 4.79 Å². The molecule has 112 valence electrons. The molecule has 1 aliphatic heterocycles. The van der Waals surface area contributed by atoms with E-state index in [9.17, 15) is 4.79 Å². The third kappa shape index (κ3) is 4.69. The van der Waals surface area contributed by atoms with Crippen molar-refractivity contribution in [1.82, 2.24) is 4.90 Å². The highest BCUT2D eigenvalue weighted by atomic mass is 35.5.